The third-order valence-electron chi connectivity index (χ3n) is 13.2. The highest BCUT2D eigenvalue weighted by Crippen LogP contribution is 2.50. The summed E-state index contributed by atoms with van der Waals surface area (Å²) in [5, 5.41) is 26.1. The number of carbonyl (C=O) groups is 2. The van der Waals surface area contributed by atoms with Gasteiger partial charge in [0, 0.05) is 96.7 Å². The van der Waals surface area contributed by atoms with E-state index in [1.165, 1.54) is 12.1 Å². The first-order valence-corrected chi connectivity index (χ1v) is 21.5. The molecule has 4 aliphatic heterocycles. The number of allylic oxidation sites excluding steroid dienone is 2. The molecule has 12 nitrogen and oxygen atoms in total. The fourth-order valence-corrected chi connectivity index (χ4v) is 10.5. The molecule has 14 heteroatoms. The number of fused-ring (bicyclic) bond motifs is 6. The van der Waals surface area contributed by atoms with Crippen molar-refractivity contribution in [2.24, 2.45) is 23.7 Å². The van der Waals surface area contributed by atoms with Gasteiger partial charge in [-0.25, -0.2) is 8.78 Å². The zero-order chi connectivity index (χ0) is 44.2. The molecule has 2 aromatic carbocycles. The number of halogens is 2. The Labute approximate surface area is 360 Å². The number of carbonyl (C=O) groups excluding carboxylic acids is 2. The van der Waals surface area contributed by atoms with Gasteiger partial charge in [-0.2, -0.15) is 0 Å². The van der Waals surface area contributed by atoms with E-state index in [-0.39, 0.29) is 96.6 Å². The molecule has 0 radical (unpaired) electrons. The van der Waals surface area contributed by atoms with Crippen molar-refractivity contribution in [1.82, 2.24) is 29.6 Å². The summed E-state index contributed by atoms with van der Waals surface area (Å²) in [5.41, 5.74) is 3.79. The fraction of sp³-hybridized carbons (Fsp3) is 0.417. The number of rotatable bonds is 12. The van der Waals surface area contributed by atoms with Gasteiger partial charge in [0.2, 0.25) is 11.8 Å². The molecule has 0 unspecified atom stereocenters. The van der Waals surface area contributed by atoms with Crippen LogP contribution in [0.5, 0.6) is 0 Å². The fourth-order valence-electron chi connectivity index (χ4n) is 10.5. The second-order valence-electron chi connectivity index (χ2n) is 16.3. The Morgan fingerprint density at radius 2 is 1.03 bits per heavy atom. The lowest BCUT2D eigenvalue weighted by molar-refractivity contribution is -0.128. The summed E-state index contributed by atoms with van der Waals surface area (Å²) >= 11 is 0. The van der Waals surface area contributed by atoms with E-state index >= 15 is 0 Å². The molecule has 2 saturated heterocycles. The van der Waals surface area contributed by atoms with Gasteiger partial charge in [0.15, 0.2) is 0 Å². The molecular weight excluding hydrogens is 795 g/mol. The molecule has 328 valence electrons. The summed E-state index contributed by atoms with van der Waals surface area (Å²) in [7, 11) is 0. The summed E-state index contributed by atoms with van der Waals surface area (Å²) in [6.07, 6.45) is 7.27. The predicted octanol–water partition coefficient (Wildman–Crippen LogP) is 4.64. The Hall–Kier alpha value is -5.54. The second kappa shape index (κ2) is 19.2. The topological polar surface area (TPSA) is 149 Å². The van der Waals surface area contributed by atoms with E-state index in [2.05, 4.69) is 20.4 Å². The van der Waals surface area contributed by atoms with E-state index in [0.29, 0.717) is 48.4 Å². The normalized spacial score (nSPS) is 25.0. The second-order valence-corrected chi connectivity index (χ2v) is 16.3. The van der Waals surface area contributed by atoms with Gasteiger partial charge in [0.05, 0.1) is 24.2 Å². The first kappa shape index (κ1) is 44.5. The zero-order valence-corrected chi connectivity index (χ0v) is 35.6. The summed E-state index contributed by atoms with van der Waals surface area (Å²) in [5.74, 6) is -1.86. The van der Waals surface area contributed by atoms with Crippen molar-refractivity contribution in [3.8, 4) is 0 Å². The van der Waals surface area contributed by atoms with Crippen LogP contribution in [0.1, 0.15) is 73.4 Å². The largest absolute Gasteiger partial charge is 0.396 e. The first-order chi connectivity index (χ1) is 30.0. The lowest BCUT2D eigenvalue weighted by atomic mass is 9.88. The monoisotopic (exact) mass is 850 g/mol. The van der Waals surface area contributed by atoms with Crippen molar-refractivity contribution in [2.45, 2.75) is 78.0 Å². The minimum atomic E-state index is -0.532. The Morgan fingerprint density at radius 1 is 0.645 bits per heavy atom. The molecule has 4 aliphatic rings. The highest BCUT2D eigenvalue weighted by atomic mass is 19.1. The Balaban J connectivity index is 0.000000186. The van der Waals surface area contributed by atoms with Crippen molar-refractivity contribution in [2.75, 3.05) is 26.3 Å². The lowest BCUT2D eigenvalue weighted by Crippen LogP contribution is -2.48. The van der Waals surface area contributed by atoms with Gasteiger partial charge in [0.1, 0.15) is 11.6 Å². The molecule has 0 spiro atoms. The maximum atomic E-state index is 13.9. The molecule has 4 aromatic rings. The van der Waals surface area contributed by atoms with E-state index in [9.17, 15) is 38.2 Å². The van der Waals surface area contributed by atoms with Crippen molar-refractivity contribution >= 4 is 24.0 Å². The number of aliphatic hydroxyl groups is 2. The summed E-state index contributed by atoms with van der Waals surface area (Å²) in [4.78, 5) is 56.2. The van der Waals surface area contributed by atoms with Crippen molar-refractivity contribution in [3.63, 3.8) is 0 Å². The van der Waals surface area contributed by atoms with Gasteiger partial charge in [-0.05, 0) is 63.3 Å². The molecule has 2 fully saturated rings. The van der Waals surface area contributed by atoms with Gasteiger partial charge >= 0.3 is 0 Å². The van der Waals surface area contributed by atoms with Crippen LogP contribution in [0.3, 0.4) is 0 Å². The number of benzene rings is 2. The smallest absolute Gasteiger partial charge is 0.258 e. The Bertz CT molecular complexity index is 2300. The van der Waals surface area contributed by atoms with Crippen molar-refractivity contribution < 1.29 is 28.6 Å². The van der Waals surface area contributed by atoms with Gasteiger partial charge in [0.25, 0.3) is 11.1 Å². The van der Waals surface area contributed by atoms with Gasteiger partial charge in [-0.3, -0.25) is 29.0 Å². The van der Waals surface area contributed by atoms with Crippen LogP contribution in [0.25, 0.3) is 12.2 Å². The molecule has 4 N–H and O–H groups in total. The van der Waals surface area contributed by atoms with Gasteiger partial charge < -0.3 is 30.0 Å². The molecule has 0 saturated carbocycles. The zero-order valence-electron chi connectivity index (χ0n) is 35.6. The van der Waals surface area contributed by atoms with Crippen LogP contribution in [0.15, 0.2) is 94.5 Å². The SMILES string of the molecule is C/C=C/c1ccc2n(c1=O)C[C@@H]1[C@@H](CO)[C@H](C(=O)NCc3ccccc3F)N(CC)[C@H]21.C/C=C\c1ccc2n(c1=O)C[C@@H]1[C@@H](CO)[C@H](C(=O)NCc3ccccc3F)N(CC)[C@H]21. The number of hydrogen-bond donors (Lipinski definition) is 4. The third-order valence-corrected chi connectivity index (χ3v) is 13.2. The number of aromatic nitrogens is 2. The number of amides is 2. The van der Waals surface area contributed by atoms with Crippen LogP contribution < -0.4 is 21.8 Å². The van der Waals surface area contributed by atoms with Crippen LogP contribution in [0, 0.1) is 35.3 Å². The molecule has 2 aromatic heterocycles. The average Bonchev–Trinajstić information content (AvgIpc) is 4.02. The molecule has 8 atom stereocenters. The first-order valence-electron chi connectivity index (χ1n) is 21.5. The number of nitrogens with one attached hydrogen (secondary N) is 2. The van der Waals surface area contributed by atoms with E-state index in [0.717, 1.165) is 11.4 Å². The van der Waals surface area contributed by atoms with E-state index in [1.54, 1.807) is 57.7 Å². The van der Waals surface area contributed by atoms with Crippen LogP contribution in [-0.2, 0) is 35.8 Å². The molecule has 8 rings (SSSR count). The molecular formula is C48H56F2N6O6. The molecule has 6 heterocycles. The molecule has 0 aliphatic carbocycles. The van der Waals surface area contributed by atoms with Crippen molar-refractivity contribution in [3.05, 3.63) is 151 Å². The van der Waals surface area contributed by atoms with E-state index in [1.807, 2.05) is 64.1 Å². The predicted molar refractivity (Wildman–Crippen MR) is 233 cm³/mol. The van der Waals surface area contributed by atoms with Crippen LogP contribution in [-0.4, -0.2) is 79.3 Å². The molecule has 0 bridgehead atoms. The Morgan fingerprint density at radius 3 is 1.37 bits per heavy atom. The number of nitrogens with zero attached hydrogens (tertiary/aromatic N) is 4. The quantitative estimate of drug-likeness (QED) is 0.161. The molecule has 62 heavy (non-hydrogen) atoms. The Kier molecular flexibility index (Phi) is 13.8. The van der Waals surface area contributed by atoms with Gasteiger partial charge in [-0.15, -0.1) is 0 Å². The van der Waals surface area contributed by atoms with Gasteiger partial charge in [-0.1, -0.05) is 74.5 Å². The number of hydrogen-bond acceptors (Lipinski definition) is 8. The summed E-state index contributed by atoms with van der Waals surface area (Å²) in [6.45, 7) is 9.72. The highest BCUT2D eigenvalue weighted by molar-refractivity contribution is 5.83. The highest BCUT2D eigenvalue weighted by Gasteiger charge is 2.56. The van der Waals surface area contributed by atoms with Crippen LogP contribution >= 0.6 is 0 Å². The number of likely N-dealkylation sites (tertiary alicyclic amines) is 2. The minimum Gasteiger partial charge on any atom is -0.396 e. The standard InChI is InChI=1S/2C24H28FN3O3/c2*1-3-7-15-10-11-20-21-17(13-28(20)24(15)31)18(14-29)22(27(21)4-2)23(30)26-12-16-8-5-6-9-19(16)25/h2*3,5-11,17-18,21-22,29H,4,12-14H2,1-2H3,(H,26,30)/b7-3+;7-3-/t2*17-,18-,21+,22-/m11/s1. The summed E-state index contributed by atoms with van der Waals surface area (Å²) < 4.78 is 31.4. The number of pyridine rings is 2. The number of likely N-dealkylation sites (N-methyl/N-ethyl adjacent to an activating group) is 2. The van der Waals surface area contributed by atoms with E-state index in [4.69, 9.17) is 0 Å². The summed E-state index contributed by atoms with van der Waals surface area (Å²) in [6, 6.07) is 19.0. The van der Waals surface area contributed by atoms with Crippen LogP contribution in [0.2, 0.25) is 0 Å². The van der Waals surface area contributed by atoms with Crippen molar-refractivity contribution in [1.29, 1.82) is 0 Å². The lowest BCUT2D eigenvalue weighted by Gasteiger charge is -2.29. The third kappa shape index (κ3) is 8.12. The molecule has 2 amide bonds. The minimum absolute atomic E-state index is 0.0392. The van der Waals surface area contributed by atoms with E-state index < -0.39 is 12.1 Å². The van der Waals surface area contributed by atoms with Crippen LogP contribution in [0.4, 0.5) is 8.78 Å². The average molecular weight is 851 g/mol. The number of aliphatic hydroxyl groups excluding tert-OH is 2. The maximum Gasteiger partial charge on any atom is 0.258 e. The maximum absolute atomic E-state index is 13.9.